The molecular weight excluding hydrogens is 178 g/mol. The molecule has 1 amide bonds. The van der Waals surface area contributed by atoms with Crippen LogP contribution in [-0.2, 0) is 9.53 Å². The normalized spacial score (nSPS) is 39.1. The number of ether oxygens (including phenoxy) is 1. The van der Waals surface area contributed by atoms with Crippen LogP contribution in [0.2, 0.25) is 0 Å². The first kappa shape index (κ1) is 10.4. The summed E-state index contributed by atoms with van der Waals surface area (Å²) in [6.07, 6.45) is -4.61. The van der Waals surface area contributed by atoms with Crippen LogP contribution in [0.5, 0.6) is 0 Å². The van der Waals surface area contributed by atoms with Gasteiger partial charge in [-0.15, -0.1) is 0 Å². The number of carbonyl (C=O) groups is 1. The number of rotatable bonds is 2. The smallest absolute Gasteiger partial charge is 0.216 e. The van der Waals surface area contributed by atoms with Crippen molar-refractivity contribution >= 4 is 5.91 Å². The zero-order chi connectivity index (χ0) is 10.0. The molecule has 1 saturated heterocycles. The maximum absolute atomic E-state index is 10.5. The van der Waals surface area contributed by atoms with Crippen LogP contribution in [0, 0.1) is 0 Å². The third-order valence-corrected chi connectivity index (χ3v) is 1.89. The van der Waals surface area contributed by atoms with Gasteiger partial charge in [-0.1, -0.05) is 0 Å². The predicted octanol–water partition coefficient (Wildman–Crippen LogP) is -2.44. The topological polar surface area (TPSA) is 99.0 Å². The summed E-state index contributed by atoms with van der Waals surface area (Å²) < 4.78 is 4.78. The van der Waals surface area contributed by atoms with Gasteiger partial charge in [0.2, 0.25) is 5.91 Å². The molecular formula is C7H13NO5. The minimum Gasteiger partial charge on any atom is -0.387 e. The van der Waals surface area contributed by atoms with E-state index >= 15 is 0 Å². The summed E-state index contributed by atoms with van der Waals surface area (Å²) in [5, 5.41) is 29.7. The molecule has 4 unspecified atom stereocenters. The predicted molar refractivity (Wildman–Crippen MR) is 41.6 cm³/mol. The van der Waals surface area contributed by atoms with Gasteiger partial charge in [-0.3, -0.25) is 4.79 Å². The molecule has 0 aromatic carbocycles. The highest BCUT2D eigenvalue weighted by molar-refractivity contribution is 5.72. The van der Waals surface area contributed by atoms with Gasteiger partial charge in [0.05, 0.1) is 0 Å². The average Bonchev–Trinajstić information content (AvgIpc) is 2.29. The molecule has 13 heavy (non-hydrogen) atoms. The Hall–Kier alpha value is -0.690. The fourth-order valence-corrected chi connectivity index (χ4v) is 1.14. The van der Waals surface area contributed by atoms with Crippen LogP contribution < -0.4 is 5.32 Å². The summed E-state index contributed by atoms with van der Waals surface area (Å²) in [5.74, 6) is -0.258. The van der Waals surface area contributed by atoms with Crippen LogP contribution in [0.25, 0.3) is 0 Å². The highest BCUT2D eigenvalue weighted by Gasteiger charge is 2.41. The lowest BCUT2D eigenvalue weighted by Gasteiger charge is -2.13. The molecule has 1 aliphatic heterocycles. The van der Waals surface area contributed by atoms with E-state index in [0.717, 1.165) is 0 Å². The van der Waals surface area contributed by atoms with Crippen molar-refractivity contribution in [1.82, 2.24) is 5.32 Å². The lowest BCUT2D eigenvalue weighted by atomic mass is 10.1. The van der Waals surface area contributed by atoms with Crippen molar-refractivity contribution in [2.75, 3.05) is 6.54 Å². The number of aliphatic hydroxyl groups excluding tert-OH is 3. The average molecular weight is 191 g/mol. The van der Waals surface area contributed by atoms with Crippen LogP contribution in [0.1, 0.15) is 6.92 Å². The lowest BCUT2D eigenvalue weighted by molar-refractivity contribution is -0.130. The second-order valence-electron chi connectivity index (χ2n) is 2.98. The molecule has 6 nitrogen and oxygen atoms in total. The van der Waals surface area contributed by atoms with E-state index in [9.17, 15) is 9.90 Å². The van der Waals surface area contributed by atoms with Gasteiger partial charge in [0.15, 0.2) is 6.29 Å². The van der Waals surface area contributed by atoms with Gasteiger partial charge in [-0.25, -0.2) is 0 Å². The van der Waals surface area contributed by atoms with Crippen molar-refractivity contribution in [1.29, 1.82) is 0 Å². The van der Waals surface area contributed by atoms with E-state index in [2.05, 4.69) is 5.32 Å². The van der Waals surface area contributed by atoms with Gasteiger partial charge in [-0.2, -0.15) is 0 Å². The molecule has 0 bridgehead atoms. The van der Waals surface area contributed by atoms with Gasteiger partial charge < -0.3 is 25.4 Å². The summed E-state index contributed by atoms with van der Waals surface area (Å²) in [6.45, 7) is 1.40. The Bertz CT molecular complexity index is 197. The van der Waals surface area contributed by atoms with Gasteiger partial charge in [-0.05, 0) is 0 Å². The Labute approximate surface area is 75.1 Å². The van der Waals surface area contributed by atoms with E-state index in [1.807, 2.05) is 0 Å². The molecule has 1 aliphatic rings. The fraction of sp³-hybridized carbons (Fsp3) is 0.857. The number of aliphatic hydroxyl groups is 3. The molecule has 1 fully saturated rings. The van der Waals surface area contributed by atoms with Crippen LogP contribution >= 0.6 is 0 Å². The molecule has 6 heteroatoms. The van der Waals surface area contributed by atoms with Crippen LogP contribution in [0.15, 0.2) is 0 Å². The van der Waals surface area contributed by atoms with Crippen LogP contribution in [0.4, 0.5) is 0 Å². The van der Waals surface area contributed by atoms with Crippen molar-refractivity contribution in [2.45, 2.75) is 31.5 Å². The van der Waals surface area contributed by atoms with Gasteiger partial charge >= 0.3 is 0 Å². The van der Waals surface area contributed by atoms with Crippen molar-refractivity contribution in [3.05, 3.63) is 0 Å². The summed E-state index contributed by atoms with van der Waals surface area (Å²) in [6, 6.07) is 0. The second kappa shape index (κ2) is 4.01. The maximum atomic E-state index is 10.5. The van der Waals surface area contributed by atoms with Crippen LogP contribution in [-0.4, -0.2) is 52.4 Å². The van der Waals surface area contributed by atoms with Crippen molar-refractivity contribution in [3.8, 4) is 0 Å². The van der Waals surface area contributed by atoms with E-state index in [-0.39, 0.29) is 12.5 Å². The first-order chi connectivity index (χ1) is 6.02. The number of hydrogen-bond donors (Lipinski definition) is 4. The number of amides is 1. The molecule has 4 atom stereocenters. The Morgan fingerprint density at radius 2 is 2.00 bits per heavy atom. The molecule has 0 aromatic heterocycles. The standard InChI is InChI=1S/C7H13NO5/c1-3(9)8-2-4-5(10)6(11)7(12)13-4/h4-7,10-12H,2H2,1H3,(H,8,9). The van der Waals surface area contributed by atoms with Gasteiger partial charge in [0, 0.05) is 13.5 Å². The molecule has 0 saturated carbocycles. The Morgan fingerprint density at radius 3 is 2.38 bits per heavy atom. The number of nitrogens with one attached hydrogen (secondary N) is 1. The van der Waals surface area contributed by atoms with E-state index in [1.54, 1.807) is 0 Å². The lowest BCUT2D eigenvalue weighted by Crippen LogP contribution is -2.39. The summed E-state index contributed by atoms with van der Waals surface area (Å²) in [7, 11) is 0. The molecule has 1 heterocycles. The van der Waals surface area contributed by atoms with E-state index in [0.29, 0.717) is 0 Å². The molecule has 0 radical (unpaired) electrons. The summed E-state index contributed by atoms with van der Waals surface area (Å²) in [5.41, 5.74) is 0. The molecule has 1 rings (SSSR count). The number of hydrogen-bond acceptors (Lipinski definition) is 5. The van der Waals surface area contributed by atoms with Crippen molar-refractivity contribution < 1.29 is 24.9 Å². The molecule has 0 aliphatic carbocycles. The number of carbonyl (C=O) groups excluding carboxylic acids is 1. The van der Waals surface area contributed by atoms with E-state index in [1.165, 1.54) is 6.92 Å². The van der Waals surface area contributed by atoms with Crippen LogP contribution in [0.3, 0.4) is 0 Å². The van der Waals surface area contributed by atoms with Gasteiger partial charge in [0.1, 0.15) is 18.3 Å². The van der Waals surface area contributed by atoms with Gasteiger partial charge in [0.25, 0.3) is 0 Å². The van der Waals surface area contributed by atoms with E-state index < -0.39 is 24.6 Å². The van der Waals surface area contributed by atoms with E-state index in [4.69, 9.17) is 14.9 Å². The monoisotopic (exact) mass is 191 g/mol. The third kappa shape index (κ3) is 2.38. The highest BCUT2D eigenvalue weighted by atomic mass is 16.6. The first-order valence-electron chi connectivity index (χ1n) is 3.96. The molecule has 0 spiro atoms. The highest BCUT2D eigenvalue weighted by Crippen LogP contribution is 2.18. The molecule has 4 N–H and O–H groups in total. The summed E-state index contributed by atoms with van der Waals surface area (Å²) >= 11 is 0. The quantitative estimate of drug-likeness (QED) is 0.388. The Balaban J connectivity index is 2.40. The molecule has 76 valence electrons. The maximum Gasteiger partial charge on any atom is 0.216 e. The second-order valence-corrected chi connectivity index (χ2v) is 2.98. The molecule has 0 aromatic rings. The zero-order valence-corrected chi connectivity index (χ0v) is 7.17. The zero-order valence-electron chi connectivity index (χ0n) is 7.17. The minimum atomic E-state index is -1.38. The fourth-order valence-electron chi connectivity index (χ4n) is 1.14. The summed E-state index contributed by atoms with van der Waals surface area (Å²) in [4.78, 5) is 10.5. The van der Waals surface area contributed by atoms with Crippen molar-refractivity contribution in [3.63, 3.8) is 0 Å². The minimum absolute atomic E-state index is 0.0740. The third-order valence-electron chi connectivity index (χ3n) is 1.89. The first-order valence-corrected chi connectivity index (χ1v) is 3.96. The largest absolute Gasteiger partial charge is 0.387 e. The van der Waals surface area contributed by atoms with Crippen molar-refractivity contribution in [2.24, 2.45) is 0 Å². The Kier molecular flexibility index (Phi) is 3.21. The SMILES string of the molecule is CC(=O)NCC1OC(O)C(O)C1O. The Morgan fingerprint density at radius 1 is 1.38 bits per heavy atom.